The summed E-state index contributed by atoms with van der Waals surface area (Å²) in [6, 6.07) is 12.0. The number of nitro benzene ring substituents is 1. The molecule has 4 aromatic rings. The first-order valence-electron chi connectivity index (χ1n) is 7.39. The number of non-ortho nitro benzene ring substituents is 1. The number of nitrogens with zero attached hydrogens (tertiary/aromatic N) is 5. The van der Waals surface area contributed by atoms with Crippen molar-refractivity contribution in [2.24, 2.45) is 0 Å². The Labute approximate surface area is 157 Å². The van der Waals surface area contributed by atoms with Gasteiger partial charge < -0.3 is 0 Å². The summed E-state index contributed by atoms with van der Waals surface area (Å²) < 4.78 is 0. The lowest BCUT2D eigenvalue weighted by atomic mass is 10.2. The molecule has 0 aliphatic rings. The lowest BCUT2D eigenvalue weighted by Crippen LogP contribution is -1.92. The average molecular weight is 388 g/mol. The fourth-order valence-electron chi connectivity index (χ4n) is 2.27. The van der Waals surface area contributed by atoms with E-state index < -0.39 is 4.92 Å². The Balaban J connectivity index is 0.000000158. The van der Waals surface area contributed by atoms with Gasteiger partial charge in [0.05, 0.1) is 16.0 Å². The summed E-state index contributed by atoms with van der Waals surface area (Å²) in [5, 5.41) is 12.7. The zero-order valence-corrected chi connectivity index (χ0v) is 14.9. The number of benzene rings is 2. The topological polar surface area (TPSA) is 94.7 Å². The summed E-state index contributed by atoms with van der Waals surface area (Å²) in [6.07, 6.45) is 1.46. The molecular formula is C17H11Cl2N5O2. The number of para-hydroxylation sites is 1. The second-order valence-corrected chi connectivity index (χ2v) is 5.92. The molecule has 9 heteroatoms. The highest BCUT2D eigenvalue weighted by molar-refractivity contribution is 6.34. The van der Waals surface area contributed by atoms with Gasteiger partial charge >= 0.3 is 0 Å². The fraction of sp³-hybridized carbons (Fsp3) is 0.0588. The maximum atomic E-state index is 10.5. The summed E-state index contributed by atoms with van der Waals surface area (Å²) in [7, 11) is 0. The molecule has 26 heavy (non-hydrogen) atoms. The number of halogens is 2. The van der Waals surface area contributed by atoms with Crippen molar-refractivity contribution >= 4 is 50.7 Å². The Morgan fingerprint density at radius 2 is 1.69 bits per heavy atom. The maximum Gasteiger partial charge on any atom is 0.270 e. The van der Waals surface area contributed by atoms with Crippen LogP contribution in [0.2, 0.25) is 10.3 Å². The minimum atomic E-state index is -0.477. The van der Waals surface area contributed by atoms with Crippen molar-refractivity contribution in [1.29, 1.82) is 0 Å². The van der Waals surface area contributed by atoms with Crippen LogP contribution in [0.3, 0.4) is 0 Å². The molecule has 0 bridgehead atoms. The van der Waals surface area contributed by atoms with Gasteiger partial charge in [0.25, 0.3) is 5.69 Å². The molecule has 2 aromatic heterocycles. The third-order valence-electron chi connectivity index (χ3n) is 3.45. The van der Waals surface area contributed by atoms with E-state index in [1.54, 1.807) is 13.0 Å². The summed E-state index contributed by atoms with van der Waals surface area (Å²) in [5.74, 6) is 0.543. The molecule has 2 heterocycles. The molecule has 7 nitrogen and oxygen atoms in total. The van der Waals surface area contributed by atoms with Gasteiger partial charge in [-0.3, -0.25) is 10.1 Å². The molecule has 2 aromatic carbocycles. The van der Waals surface area contributed by atoms with E-state index in [-0.39, 0.29) is 10.8 Å². The molecule has 4 rings (SSSR count). The van der Waals surface area contributed by atoms with Crippen molar-refractivity contribution in [2.45, 2.75) is 6.92 Å². The molecule has 0 saturated heterocycles. The Hall–Kier alpha value is -2.90. The summed E-state index contributed by atoms with van der Waals surface area (Å²) in [6.45, 7) is 1.72. The van der Waals surface area contributed by atoms with Crippen LogP contribution in [0.4, 0.5) is 5.69 Å². The quantitative estimate of drug-likeness (QED) is 0.265. The van der Waals surface area contributed by atoms with Gasteiger partial charge in [-0.05, 0) is 25.1 Å². The second kappa shape index (κ2) is 7.55. The van der Waals surface area contributed by atoms with Crippen LogP contribution in [0.25, 0.3) is 21.8 Å². The number of fused-ring (bicyclic) bond motifs is 2. The number of aromatic nitrogens is 4. The van der Waals surface area contributed by atoms with Crippen molar-refractivity contribution in [2.75, 3.05) is 0 Å². The predicted octanol–water partition coefficient (Wildman–Crippen LogP) is 4.78. The van der Waals surface area contributed by atoms with Gasteiger partial charge in [-0.2, -0.15) is 0 Å². The normalized spacial score (nSPS) is 10.4. The first-order valence-corrected chi connectivity index (χ1v) is 8.15. The smallest absolute Gasteiger partial charge is 0.258 e. The van der Waals surface area contributed by atoms with Crippen LogP contribution in [-0.4, -0.2) is 24.9 Å². The number of rotatable bonds is 1. The average Bonchev–Trinajstić information content (AvgIpc) is 2.62. The second-order valence-electron chi connectivity index (χ2n) is 5.20. The Kier molecular flexibility index (Phi) is 5.20. The predicted molar refractivity (Wildman–Crippen MR) is 100 cm³/mol. The van der Waals surface area contributed by atoms with Crippen LogP contribution in [0.1, 0.15) is 5.82 Å². The number of hydrogen-bond donors (Lipinski definition) is 0. The van der Waals surface area contributed by atoms with Crippen LogP contribution in [-0.2, 0) is 0 Å². The summed E-state index contributed by atoms with van der Waals surface area (Å²) >= 11 is 11.7. The molecule has 0 saturated carbocycles. The monoisotopic (exact) mass is 387 g/mol. The minimum Gasteiger partial charge on any atom is -0.258 e. The van der Waals surface area contributed by atoms with Crippen molar-refractivity contribution in [3.05, 3.63) is 75.0 Å². The number of aryl methyl sites for hydroxylation is 1. The SMILES string of the molecule is Cc1nc(Cl)c2cc([N+](=O)[O-])ccc2n1.Clc1ncnc2ccccc12. The van der Waals surface area contributed by atoms with Crippen LogP contribution in [0.5, 0.6) is 0 Å². The standard InChI is InChI=1S/C9H6ClN3O2.C8H5ClN2/c1-5-11-8-3-2-6(13(14)15)4-7(8)9(10)12-5;9-8-6-3-1-2-4-7(6)10-5-11-8/h2-4H,1H3;1-5H. The van der Waals surface area contributed by atoms with Crippen LogP contribution in [0.15, 0.2) is 48.8 Å². The van der Waals surface area contributed by atoms with E-state index in [0.29, 0.717) is 21.9 Å². The van der Waals surface area contributed by atoms with E-state index in [9.17, 15) is 10.1 Å². The van der Waals surface area contributed by atoms with Gasteiger partial charge in [0.15, 0.2) is 0 Å². The summed E-state index contributed by atoms with van der Waals surface area (Å²) in [4.78, 5) is 26.0. The highest BCUT2D eigenvalue weighted by atomic mass is 35.5. The van der Waals surface area contributed by atoms with Gasteiger partial charge in [0.2, 0.25) is 0 Å². The Bertz CT molecular complexity index is 1120. The zero-order valence-electron chi connectivity index (χ0n) is 13.4. The van der Waals surface area contributed by atoms with E-state index in [1.165, 1.54) is 18.5 Å². The molecule has 0 spiro atoms. The van der Waals surface area contributed by atoms with Crippen molar-refractivity contribution in [3.63, 3.8) is 0 Å². The zero-order chi connectivity index (χ0) is 18.7. The third kappa shape index (κ3) is 3.84. The molecular weight excluding hydrogens is 377 g/mol. The van der Waals surface area contributed by atoms with Gasteiger partial charge in [-0.15, -0.1) is 0 Å². The van der Waals surface area contributed by atoms with Crippen LogP contribution >= 0.6 is 23.2 Å². The van der Waals surface area contributed by atoms with E-state index in [2.05, 4.69) is 19.9 Å². The lowest BCUT2D eigenvalue weighted by Gasteiger charge is -2.00. The van der Waals surface area contributed by atoms with Gasteiger partial charge in [0.1, 0.15) is 22.5 Å². The van der Waals surface area contributed by atoms with Crippen LogP contribution < -0.4 is 0 Å². The van der Waals surface area contributed by atoms with Gasteiger partial charge in [-0.25, -0.2) is 19.9 Å². The molecule has 0 N–H and O–H groups in total. The highest BCUT2D eigenvalue weighted by Gasteiger charge is 2.10. The number of nitro groups is 1. The minimum absolute atomic E-state index is 0.0168. The van der Waals surface area contributed by atoms with Crippen LogP contribution in [0, 0.1) is 17.0 Å². The molecule has 0 fully saturated rings. The number of hydrogen-bond acceptors (Lipinski definition) is 6. The maximum absolute atomic E-state index is 10.5. The first kappa shape index (κ1) is 17.9. The Morgan fingerprint density at radius 3 is 2.42 bits per heavy atom. The highest BCUT2D eigenvalue weighted by Crippen LogP contribution is 2.24. The summed E-state index contributed by atoms with van der Waals surface area (Å²) in [5.41, 5.74) is 1.47. The van der Waals surface area contributed by atoms with Crippen molar-refractivity contribution in [3.8, 4) is 0 Å². The van der Waals surface area contributed by atoms with Crippen molar-refractivity contribution < 1.29 is 4.92 Å². The molecule has 0 unspecified atom stereocenters. The van der Waals surface area contributed by atoms with E-state index in [0.717, 1.165) is 10.9 Å². The molecule has 0 atom stereocenters. The molecule has 0 aliphatic heterocycles. The Morgan fingerprint density at radius 1 is 0.923 bits per heavy atom. The first-order chi connectivity index (χ1) is 12.5. The lowest BCUT2D eigenvalue weighted by molar-refractivity contribution is -0.384. The van der Waals surface area contributed by atoms with E-state index >= 15 is 0 Å². The largest absolute Gasteiger partial charge is 0.270 e. The third-order valence-corrected chi connectivity index (χ3v) is 4.04. The molecule has 0 radical (unpaired) electrons. The molecule has 0 amide bonds. The van der Waals surface area contributed by atoms with E-state index in [1.807, 2.05) is 24.3 Å². The van der Waals surface area contributed by atoms with Crippen molar-refractivity contribution in [1.82, 2.24) is 19.9 Å². The molecule has 130 valence electrons. The fourth-order valence-corrected chi connectivity index (χ4v) is 2.75. The van der Waals surface area contributed by atoms with Gasteiger partial charge in [0, 0.05) is 22.9 Å². The van der Waals surface area contributed by atoms with Gasteiger partial charge in [-0.1, -0.05) is 35.3 Å². The molecule has 0 aliphatic carbocycles. The van der Waals surface area contributed by atoms with E-state index in [4.69, 9.17) is 23.2 Å².